The molecule has 0 aliphatic rings. The van der Waals surface area contributed by atoms with Crippen LogP contribution in [0, 0.1) is 0 Å². The Bertz CT molecular complexity index is 572. The Balaban J connectivity index is 2.14. The van der Waals surface area contributed by atoms with E-state index < -0.39 is 0 Å². The lowest BCUT2D eigenvalue weighted by Crippen LogP contribution is -1.93. The van der Waals surface area contributed by atoms with E-state index >= 15 is 0 Å². The van der Waals surface area contributed by atoms with Crippen molar-refractivity contribution < 1.29 is 4.79 Å². The SMILES string of the molecule is Cn1ccc(/C=C/C(=O)c2cccc(Br)c2)n1. The van der Waals surface area contributed by atoms with Gasteiger partial charge in [-0.1, -0.05) is 28.1 Å². The Hall–Kier alpha value is -1.68. The van der Waals surface area contributed by atoms with Gasteiger partial charge in [-0.25, -0.2) is 0 Å². The van der Waals surface area contributed by atoms with E-state index in [4.69, 9.17) is 0 Å². The highest BCUT2D eigenvalue weighted by Gasteiger charge is 2.01. The third kappa shape index (κ3) is 3.14. The molecule has 0 unspecified atom stereocenters. The van der Waals surface area contributed by atoms with Crippen molar-refractivity contribution in [3.8, 4) is 0 Å². The molecular formula is C13H11BrN2O. The van der Waals surface area contributed by atoms with Crippen LogP contribution < -0.4 is 0 Å². The second kappa shape index (κ2) is 5.10. The molecule has 4 heteroatoms. The molecule has 2 rings (SSSR count). The van der Waals surface area contributed by atoms with Gasteiger partial charge in [-0.3, -0.25) is 9.48 Å². The number of halogens is 1. The molecule has 0 radical (unpaired) electrons. The van der Waals surface area contributed by atoms with Crippen LogP contribution in [0.4, 0.5) is 0 Å². The molecule has 2 aromatic rings. The van der Waals surface area contributed by atoms with Gasteiger partial charge in [0.1, 0.15) is 0 Å². The fourth-order valence-electron chi connectivity index (χ4n) is 1.42. The van der Waals surface area contributed by atoms with E-state index in [9.17, 15) is 4.79 Å². The van der Waals surface area contributed by atoms with Gasteiger partial charge >= 0.3 is 0 Å². The number of benzene rings is 1. The molecule has 0 saturated carbocycles. The summed E-state index contributed by atoms with van der Waals surface area (Å²) in [5, 5.41) is 4.16. The summed E-state index contributed by atoms with van der Waals surface area (Å²) < 4.78 is 2.60. The van der Waals surface area contributed by atoms with Gasteiger partial charge in [0.15, 0.2) is 5.78 Å². The molecule has 0 N–H and O–H groups in total. The quantitative estimate of drug-likeness (QED) is 0.643. The third-order valence-electron chi connectivity index (χ3n) is 2.25. The van der Waals surface area contributed by atoms with Crippen molar-refractivity contribution in [2.45, 2.75) is 0 Å². The van der Waals surface area contributed by atoms with E-state index in [0.29, 0.717) is 5.56 Å². The third-order valence-corrected chi connectivity index (χ3v) is 2.74. The van der Waals surface area contributed by atoms with E-state index in [1.54, 1.807) is 22.9 Å². The first-order valence-electron chi connectivity index (χ1n) is 5.13. The van der Waals surface area contributed by atoms with Gasteiger partial charge in [-0.05, 0) is 30.4 Å². The predicted octanol–water partition coefficient (Wildman–Crippen LogP) is 3.08. The lowest BCUT2D eigenvalue weighted by molar-refractivity contribution is 0.104. The minimum atomic E-state index is -0.0306. The van der Waals surface area contributed by atoms with Crippen LogP contribution in [0.25, 0.3) is 6.08 Å². The summed E-state index contributed by atoms with van der Waals surface area (Å²) in [6, 6.07) is 9.16. The van der Waals surface area contributed by atoms with Crippen molar-refractivity contribution in [1.82, 2.24) is 9.78 Å². The highest BCUT2D eigenvalue weighted by Crippen LogP contribution is 2.12. The van der Waals surface area contributed by atoms with Crippen molar-refractivity contribution in [2.24, 2.45) is 7.05 Å². The Morgan fingerprint density at radius 3 is 2.88 bits per heavy atom. The molecule has 0 amide bonds. The zero-order valence-corrected chi connectivity index (χ0v) is 10.9. The van der Waals surface area contributed by atoms with Crippen LogP contribution in [-0.2, 0) is 7.05 Å². The van der Waals surface area contributed by atoms with Gasteiger partial charge < -0.3 is 0 Å². The summed E-state index contributed by atoms with van der Waals surface area (Å²) in [4.78, 5) is 11.8. The van der Waals surface area contributed by atoms with Gasteiger partial charge in [0, 0.05) is 23.3 Å². The molecule has 0 saturated heterocycles. The fraction of sp³-hybridized carbons (Fsp3) is 0.0769. The smallest absolute Gasteiger partial charge is 0.185 e. The summed E-state index contributed by atoms with van der Waals surface area (Å²) in [5.41, 5.74) is 1.43. The Morgan fingerprint density at radius 2 is 2.24 bits per heavy atom. The zero-order chi connectivity index (χ0) is 12.3. The number of hydrogen-bond donors (Lipinski definition) is 0. The van der Waals surface area contributed by atoms with Crippen LogP contribution in [-0.4, -0.2) is 15.6 Å². The maximum atomic E-state index is 11.8. The molecule has 86 valence electrons. The topological polar surface area (TPSA) is 34.9 Å². The summed E-state index contributed by atoms with van der Waals surface area (Å²) in [7, 11) is 1.84. The van der Waals surface area contributed by atoms with Crippen LogP contribution >= 0.6 is 15.9 Å². The minimum Gasteiger partial charge on any atom is -0.289 e. The highest BCUT2D eigenvalue weighted by molar-refractivity contribution is 9.10. The number of aromatic nitrogens is 2. The maximum Gasteiger partial charge on any atom is 0.185 e. The highest BCUT2D eigenvalue weighted by atomic mass is 79.9. The van der Waals surface area contributed by atoms with Crippen LogP contribution in [0.3, 0.4) is 0 Å². The Labute approximate surface area is 108 Å². The number of hydrogen-bond acceptors (Lipinski definition) is 2. The monoisotopic (exact) mass is 290 g/mol. The van der Waals surface area contributed by atoms with Crippen molar-refractivity contribution >= 4 is 27.8 Å². The molecule has 0 atom stereocenters. The molecule has 1 aromatic carbocycles. The van der Waals surface area contributed by atoms with Crippen molar-refractivity contribution in [3.63, 3.8) is 0 Å². The van der Waals surface area contributed by atoms with Crippen LogP contribution in [0.2, 0.25) is 0 Å². The number of rotatable bonds is 3. The zero-order valence-electron chi connectivity index (χ0n) is 9.30. The van der Waals surface area contributed by atoms with Gasteiger partial charge in [0.05, 0.1) is 5.69 Å². The van der Waals surface area contributed by atoms with Crippen molar-refractivity contribution in [2.75, 3.05) is 0 Å². The van der Waals surface area contributed by atoms with Crippen LogP contribution in [0.15, 0.2) is 47.1 Å². The first-order chi connectivity index (χ1) is 8.15. The van der Waals surface area contributed by atoms with E-state index in [1.807, 2.05) is 31.4 Å². The number of nitrogens with zero attached hydrogens (tertiary/aromatic N) is 2. The standard InChI is InChI=1S/C13H11BrN2O/c1-16-8-7-12(15-16)5-6-13(17)10-3-2-4-11(14)9-10/h2-9H,1H3/b6-5+. The predicted molar refractivity (Wildman–Crippen MR) is 70.7 cm³/mol. The number of carbonyl (C=O) groups is 1. The first-order valence-corrected chi connectivity index (χ1v) is 5.92. The number of ketones is 1. The summed E-state index contributed by atoms with van der Waals surface area (Å²) in [6.45, 7) is 0. The van der Waals surface area contributed by atoms with Crippen LogP contribution in [0.1, 0.15) is 16.1 Å². The normalized spacial score (nSPS) is 10.9. The van der Waals surface area contributed by atoms with Crippen molar-refractivity contribution in [1.29, 1.82) is 0 Å². The van der Waals surface area contributed by atoms with Gasteiger partial charge in [0.25, 0.3) is 0 Å². The molecular weight excluding hydrogens is 280 g/mol. The molecule has 0 aliphatic carbocycles. The molecule has 1 aromatic heterocycles. The summed E-state index contributed by atoms with van der Waals surface area (Å²) >= 11 is 3.34. The molecule has 0 aliphatic heterocycles. The largest absolute Gasteiger partial charge is 0.289 e. The average molecular weight is 291 g/mol. The molecule has 17 heavy (non-hydrogen) atoms. The second-order valence-electron chi connectivity index (χ2n) is 3.62. The van der Waals surface area contributed by atoms with E-state index in [2.05, 4.69) is 21.0 Å². The molecule has 0 spiro atoms. The van der Waals surface area contributed by atoms with Crippen molar-refractivity contribution in [3.05, 3.63) is 58.3 Å². The maximum absolute atomic E-state index is 11.8. The molecule has 1 heterocycles. The first kappa shape index (κ1) is 11.8. The number of aryl methyl sites for hydroxylation is 1. The Kier molecular flexibility index (Phi) is 3.54. The molecule has 0 bridgehead atoms. The van der Waals surface area contributed by atoms with E-state index in [0.717, 1.165) is 10.2 Å². The number of allylic oxidation sites excluding steroid dienone is 1. The van der Waals surface area contributed by atoms with E-state index in [-0.39, 0.29) is 5.78 Å². The van der Waals surface area contributed by atoms with Gasteiger partial charge in [-0.15, -0.1) is 0 Å². The second-order valence-corrected chi connectivity index (χ2v) is 4.54. The van der Waals surface area contributed by atoms with Gasteiger partial charge in [-0.2, -0.15) is 5.10 Å². The lowest BCUT2D eigenvalue weighted by Gasteiger charge is -1.95. The fourth-order valence-corrected chi connectivity index (χ4v) is 1.82. The summed E-state index contributed by atoms with van der Waals surface area (Å²) in [6.07, 6.45) is 5.08. The molecule has 3 nitrogen and oxygen atoms in total. The lowest BCUT2D eigenvalue weighted by atomic mass is 10.1. The average Bonchev–Trinajstić information content (AvgIpc) is 2.72. The summed E-state index contributed by atoms with van der Waals surface area (Å²) in [5.74, 6) is -0.0306. The van der Waals surface area contributed by atoms with Crippen LogP contribution in [0.5, 0.6) is 0 Å². The van der Waals surface area contributed by atoms with E-state index in [1.165, 1.54) is 6.08 Å². The van der Waals surface area contributed by atoms with Gasteiger partial charge in [0.2, 0.25) is 0 Å². The molecule has 0 fully saturated rings. The Morgan fingerprint density at radius 1 is 1.41 bits per heavy atom. The minimum absolute atomic E-state index is 0.0306. The number of carbonyl (C=O) groups excluding carboxylic acids is 1.